The topological polar surface area (TPSA) is 61.8 Å². The summed E-state index contributed by atoms with van der Waals surface area (Å²) >= 11 is 0. The average Bonchev–Trinajstić information content (AvgIpc) is 2.18. The molecule has 1 fully saturated rings. The number of ether oxygens (including phenoxy) is 1. The minimum Gasteiger partial charge on any atom is -0.481 e. The first kappa shape index (κ1) is 12.4. The SMILES string of the molecule is COCCN1CC(C)NCC1CC(=O)O. The summed E-state index contributed by atoms with van der Waals surface area (Å²) in [6, 6.07) is 0.515. The molecule has 88 valence electrons. The molecule has 5 heteroatoms. The van der Waals surface area contributed by atoms with Crippen LogP contribution in [0.25, 0.3) is 0 Å². The van der Waals surface area contributed by atoms with Crippen LogP contribution in [0.2, 0.25) is 0 Å². The molecular formula is C10H20N2O3. The molecule has 2 atom stereocenters. The van der Waals surface area contributed by atoms with Crippen LogP contribution in [-0.4, -0.2) is 61.4 Å². The first-order valence-corrected chi connectivity index (χ1v) is 5.31. The third kappa shape index (κ3) is 4.15. The van der Waals surface area contributed by atoms with Crippen LogP contribution in [0.4, 0.5) is 0 Å². The van der Waals surface area contributed by atoms with Gasteiger partial charge in [0.1, 0.15) is 0 Å². The number of aliphatic carboxylic acids is 1. The van der Waals surface area contributed by atoms with Crippen LogP contribution in [0, 0.1) is 0 Å². The summed E-state index contributed by atoms with van der Waals surface area (Å²) in [6.07, 6.45) is 0.198. The molecular weight excluding hydrogens is 196 g/mol. The number of hydrogen-bond acceptors (Lipinski definition) is 4. The molecule has 0 aromatic rings. The minimum atomic E-state index is -0.737. The molecule has 1 aliphatic rings. The third-order valence-electron chi connectivity index (χ3n) is 2.72. The standard InChI is InChI=1S/C10H20N2O3/c1-8-7-12(3-4-15-2)9(6-11-8)5-10(13)14/h8-9,11H,3-7H2,1-2H3,(H,13,14). The maximum absolute atomic E-state index is 10.7. The van der Waals surface area contributed by atoms with Gasteiger partial charge in [-0.05, 0) is 6.92 Å². The number of nitrogens with zero attached hydrogens (tertiary/aromatic N) is 1. The van der Waals surface area contributed by atoms with Crippen molar-refractivity contribution in [2.75, 3.05) is 33.4 Å². The molecule has 0 aromatic carbocycles. The number of rotatable bonds is 5. The smallest absolute Gasteiger partial charge is 0.304 e. The second-order valence-electron chi connectivity index (χ2n) is 4.05. The van der Waals surface area contributed by atoms with Gasteiger partial charge in [-0.3, -0.25) is 9.69 Å². The zero-order chi connectivity index (χ0) is 11.3. The molecule has 0 amide bonds. The highest BCUT2D eigenvalue weighted by Gasteiger charge is 2.26. The van der Waals surface area contributed by atoms with Gasteiger partial charge in [-0.2, -0.15) is 0 Å². The van der Waals surface area contributed by atoms with Gasteiger partial charge < -0.3 is 15.2 Å². The Labute approximate surface area is 90.4 Å². The minimum absolute atomic E-state index is 0.0915. The Morgan fingerprint density at radius 2 is 2.40 bits per heavy atom. The lowest BCUT2D eigenvalue weighted by atomic mass is 10.1. The lowest BCUT2D eigenvalue weighted by Crippen LogP contribution is -2.56. The Balaban J connectivity index is 2.45. The summed E-state index contributed by atoms with van der Waals surface area (Å²) in [5.74, 6) is -0.737. The number of nitrogens with one attached hydrogen (secondary N) is 1. The highest BCUT2D eigenvalue weighted by Crippen LogP contribution is 2.10. The monoisotopic (exact) mass is 216 g/mol. The number of hydrogen-bond donors (Lipinski definition) is 2. The molecule has 1 aliphatic heterocycles. The van der Waals surface area contributed by atoms with Crippen LogP contribution in [0.3, 0.4) is 0 Å². The van der Waals surface area contributed by atoms with E-state index >= 15 is 0 Å². The average molecular weight is 216 g/mol. The van der Waals surface area contributed by atoms with Crippen molar-refractivity contribution in [3.8, 4) is 0 Å². The largest absolute Gasteiger partial charge is 0.481 e. The van der Waals surface area contributed by atoms with Crippen molar-refractivity contribution in [2.24, 2.45) is 0 Å². The summed E-state index contributed by atoms with van der Waals surface area (Å²) in [5, 5.41) is 12.1. The first-order valence-electron chi connectivity index (χ1n) is 5.31. The quantitative estimate of drug-likeness (QED) is 0.664. The third-order valence-corrected chi connectivity index (χ3v) is 2.72. The van der Waals surface area contributed by atoms with E-state index in [-0.39, 0.29) is 12.5 Å². The van der Waals surface area contributed by atoms with Gasteiger partial charge >= 0.3 is 5.97 Å². The van der Waals surface area contributed by atoms with E-state index in [1.54, 1.807) is 7.11 Å². The Morgan fingerprint density at radius 1 is 1.67 bits per heavy atom. The fourth-order valence-electron chi connectivity index (χ4n) is 1.92. The Hall–Kier alpha value is -0.650. The zero-order valence-electron chi connectivity index (χ0n) is 9.40. The molecule has 1 saturated heterocycles. The molecule has 0 saturated carbocycles. The Kier molecular flexibility index (Phi) is 5.01. The maximum Gasteiger partial charge on any atom is 0.304 e. The van der Waals surface area contributed by atoms with E-state index in [4.69, 9.17) is 9.84 Å². The normalized spacial score (nSPS) is 27.9. The van der Waals surface area contributed by atoms with Gasteiger partial charge in [-0.15, -0.1) is 0 Å². The summed E-state index contributed by atoms with van der Waals surface area (Å²) in [4.78, 5) is 12.9. The molecule has 0 aliphatic carbocycles. The highest BCUT2D eigenvalue weighted by molar-refractivity contribution is 5.67. The van der Waals surface area contributed by atoms with Crippen molar-refractivity contribution in [3.63, 3.8) is 0 Å². The van der Waals surface area contributed by atoms with Gasteiger partial charge in [0.15, 0.2) is 0 Å². The van der Waals surface area contributed by atoms with Gasteiger partial charge in [0.05, 0.1) is 13.0 Å². The van der Waals surface area contributed by atoms with Crippen molar-refractivity contribution in [1.29, 1.82) is 0 Å². The summed E-state index contributed by atoms with van der Waals surface area (Å²) in [7, 11) is 1.66. The molecule has 15 heavy (non-hydrogen) atoms. The molecule has 1 rings (SSSR count). The molecule has 2 unspecified atom stereocenters. The highest BCUT2D eigenvalue weighted by atomic mass is 16.5. The summed E-state index contributed by atoms with van der Waals surface area (Å²) in [6.45, 7) is 5.21. The zero-order valence-corrected chi connectivity index (χ0v) is 9.40. The van der Waals surface area contributed by atoms with Gasteiger partial charge in [0.25, 0.3) is 0 Å². The number of carbonyl (C=O) groups is 1. The molecule has 5 nitrogen and oxygen atoms in total. The maximum atomic E-state index is 10.7. The van der Waals surface area contributed by atoms with Crippen LogP contribution >= 0.6 is 0 Å². The van der Waals surface area contributed by atoms with Crippen LogP contribution < -0.4 is 5.32 Å². The van der Waals surface area contributed by atoms with Crippen LogP contribution in [0.1, 0.15) is 13.3 Å². The molecule has 0 spiro atoms. The molecule has 0 bridgehead atoms. The second-order valence-corrected chi connectivity index (χ2v) is 4.05. The molecule has 0 aromatic heterocycles. The number of methoxy groups -OCH3 is 1. The van der Waals surface area contributed by atoms with Crippen molar-refractivity contribution >= 4 is 5.97 Å². The van der Waals surface area contributed by atoms with Crippen molar-refractivity contribution in [2.45, 2.75) is 25.4 Å². The molecule has 1 heterocycles. The van der Waals surface area contributed by atoms with Crippen LogP contribution in [0.5, 0.6) is 0 Å². The predicted molar refractivity (Wildman–Crippen MR) is 57.0 cm³/mol. The fourth-order valence-corrected chi connectivity index (χ4v) is 1.92. The predicted octanol–water partition coefficient (Wildman–Crippen LogP) is -0.230. The second kappa shape index (κ2) is 6.05. The molecule has 0 radical (unpaired) electrons. The van der Waals surface area contributed by atoms with Crippen LogP contribution in [0.15, 0.2) is 0 Å². The van der Waals surface area contributed by atoms with E-state index in [0.29, 0.717) is 12.6 Å². The van der Waals surface area contributed by atoms with Gasteiger partial charge in [0.2, 0.25) is 0 Å². The van der Waals surface area contributed by atoms with E-state index in [2.05, 4.69) is 17.1 Å². The van der Waals surface area contributed by atoms with E-state index in [1.807, 2.05) is 0 Å². The summed E-state index contributed by atoms with van der Waals surface area (Å²) in [5.41, 5.74) is 0. The molecule has 2 N–H and O–H groups in total. The van der Waals surface area contributed by atoms with Gasteiger partial charge in [-0.25, -0.2) is 0 Å². The summed E-state index contributed by atoms with van der Waals surface area (Å²) < 4.78 is 5.02. The fraction of sp³-hybridized carbons (Fsp3) is 0.900. The lowest BCUT2D eigenvalue weighted by Gasteiger charge is -2.38. The van der Waals surface area contributed by atoms with E-state index in [0.717, 1.165) is 19.6 Å². The van der Waals surface area contributed by atoms with Crippen molar-refractivity contribution in [1.82, 2.24) is 10.2 Å². The van der Waals surface area contributed by atoms with Crippen molar-refractivity contribution < 1.29 is 14.6 Å². The van der Waals surface area contributed by atoms with Gasteiger partial charge in [0, 0.05) is 38.8 Å². The number of carboxylic acid groups (broad SMARTS) is 1. The number of piperazine rings is 1. The van der Waals surface area contributed by atoms with E-state index in [9.17, 15) is 4.79 Å². The first-order chi connectivity index (χ1) is 7.13. The van der Waals surface area contributed by atoms with E-state index < -0.39 is 5.97 Å². The number of carboxylic acids is 1. The Morgan fingerprint density at radius 3 is 3.00 bits per heavy atom. The Bertz CT molecular complexity index is 211. The van der Waals surface area contributed by atoms with Crippen LogP contribution in [-0.2, 0) is 9.53 Å². The lowest BCUT2D eigenvalue weighted by molar-refractivity contribution is -0.138. The van der Waals surface area contributed by atoms with Gasteiger partial charge in [-0.1, -0.05) is 0 Å². The van der Waals surface area contributed by atoms with E-state index in [1.165, 1.54) is 0 Å². The van der Waals surface area contributed by atoms with Crippen molar-refractivity contribution in [3.05, 3.63) is 0 Å².